The second-order valence-corrected chi connectivity index (χ2v) is 5.97. The molecule has 3 heterocycles. The zero-order chi connectivity index (χ0) is 17.0. The molecule has 0 spiro atoms. The van der Waals surface area contributed by atoms with E-state index in [0.29, 0.717) is 42.1 Å². The Bertz CT molecular complexity index is 1120. The van der Waals surface area contributed by atoms with Crippen LogP contribution in [0.25, 0.3) is 16.8 Å². The quantitative estimate of drug-likeness (QED) is 0.572. The third kappa shape index (κ3) is 2.33. The molecule has 4 aromatic rings. The number of ether oxygens (including phenoxy) is 2. The number of nitrogens with one attached hydrogen (secondary N) is 2. The van der Waals surface area contributed by atoms with Gasteiger partial charge in [0.2, 0.25) is 5.95 Å². The molecule has 25 heavy (non-hydrogen) atoms. The topological polar surface area (TPSA) is 76.5 Å². The predicted molar refractivity (Wildman–Crippen MR) is 90.5 cm³/mol. The fourth-order valence-electron chi connectivity index (χ4n) is 2.78. The summed E-state index contributed by atoms with van der Waals surface area (Å²) < 4.78 is 26.2. The molecule has 0 saturated heterocycles. The van der Waals surface area contributed by atoms with Gasteiger partial charge in [-0.15, -0.1) is 0 Å². The molecule has 7 nitrogen and oxygen atoms in total. The summed E-state index contributed by atoms with van der Waals surface area (Å²) in [4.78, 5) is 8.87. The van der Waals surface area contributed by atoms with E-state index in [1.165, 1.54) is 12.1 Å². The summed E-state index contributed by atoms with van der Waals surface area (Å²) in [6, 6.07) is 8.05. The molecule has 0 unspecified atom stereocenters. The minimum absolute atomic E-state index is 0.0376. The van der Waals surface area contributed by atoms with Gasteiger partial charge in [0.1, 0.15) is 19.0 Å². The lowest BCUT2D eigenvalue weighted by atomic mass is 10.2. The van der Waals surface area contributed by atoms with Crippen LogP contribution in [0, 0.1) is 5.82 Å². The van der Waals surface area contributed by atoms with Gasteiger partial charge in [0, 0.05) is 17.8 Å². The molecule has 0 saturated carbocycles. The number of halogens is 2. The first kappa shape index (κ1) is 14.4. The van der Waals surface area contributed by atoms with Crippen molar-refractivity contribution in [3.8, 4) is 11.5 Å². The molecule has 5 rings (SSSR count). The van der Waals surface area contributed by atoms with Crippen molar-refractivity contribution in [1.29, 1.82) is 0 Å². The molecule has 126 valence electrons. The number of nitrogens with zero attached hydrogens (tertiary/aromatic N) is 3. The van der Waals surface area contributed by atoms with E-state index in [2.05, 4.69) is 20.4 Å². The summed E-state index contributed by atoms with van der Waals surface area (Å²) in [6.45, 7) is 1.04. The molecule has 9 heteroatoms. The highest BCUT2D eigenvalue weighted by Crippen LogP contribution is 2.34. The van der Waals surface area contributed by atoms with Crippen molar-refractivity contribution < 1.29 is 13.9 Å². The smallest absolute Gasteiger partial charge is 0.253 e. The maximum atomic E-state index is 13.2. The van der Waals surface area contributed by atoms with Crippen LogP contribution in [-0.4, -0.2) is 32.8 Å². The van der Waals surface area contributed by atoms with Crippen molar-refractivity contribution in [3.63, 3.8) is 0 Å². The monoisotopic (exact) mass is 359 g/mol. The van der Waals surface area contributed by atoms with Crippen LogP contribution in [0.2, 0.25) is 5.02 Å². The Labute approximate surface area is 145 Å². The summed E-state index contributed by atoms with van der Waals surface area (Å²) >= 11 is 5.79. The summed E-state index contributed by atoms with van der Waals surface area (Å²) in [5.41, 5.74) is 2.18. The molecule has 1 aliphatic rings. The van der Waals surface area contributed by atoms with Gasteiger partial charge in [0.15, 0.2) is 11.5 Å². The number of aromatic nitrogens is 4. The largest absolute Gasteiger partial charge is 0.486 e. The first-order chi connectivity index (χ1) is 12.2. The number of imidazole rings is 1. The molecule has 2 aromatic carbocycles. The number of hydrogen-bond donors (Lipinski definition) is 2. The van der Waals surface area contributed by atoms with Crippen molar-refractivity contribution in [3.05, 3.63) is 41.2 Å². The molecule has 0 bridgehead atoms. The molecule has 0 amide bonds. The van der Waals surface area contributed by atoms with Gasteiger partial charge in [-0.1, -0.05) is 11.6 Å². The average Bonchev–Trinajstić information content (AvgIpc) is 3.13. The number of H-pyrrole nitrogens is 1. The minimum atomic E-state index is -0.473. The third-order valence-electron chi connectivity index (χ3n) is 3.91. The highest BCUT2D eigenvalue weighted by molar-refractivity contribution is 6.31. The van der Waals surface area contributed by atoms with E-state index in [1.54, 1.807) is 10.6 Å². The van der Waals surface area contributed by atoms with E-state index >= 15 is 0 Å². The minimum Gasteiger partial charge on any atom is -0.486 e. The fraction of sp³-hybridized carbons (Fsp3) is 0.125. The number of fused-ring (bicyclic) bond motifs is 4. The molecule has 1 aliphatic heterocycles. The van der Waals surface area contributed by atoms with Crippen molar-refractivity contribution in [1.82, 2.24) is 19.6 Å². The zero-order valence-electron chi connectivity index (χ0n) is 12.7. The number of anilines is 2. The molecule has 2 aromatic heterocycles. The Morgan fingerprint density at radius 3 is 2.72 bits per heavy atom. The first-order valence-corrected chi connectivity index (χ1v) is 7.95. The van der Waals surface area contributed by atoms with E-state index < -0.39 is 5.82 Å². The van der Waals surface area contributed by atoms with Crippen LogP contribution in [0.4, 0.5) is 16.0 Å². The van der Waals surface area contributed by atoms with Gasteiger partial charge >= 0.3 is 0 Å². The van der Waals surface area contributed by atoms with Gasteiger partial charge in [0.25, 0.3) is 5.78 Å². The first-order valence-electron chi connectivity index (χ1n) is 7.57. The molecule has 2 N–H and O–H groups in total. The lowest BCUT2D eigenvalue weighted by molar-refractivity contribution is 0.172. The number of aromatic amines is 1. The van der Waals surface area contributed by atoms with Gasteiger partial charge < -0.3 is 14.8 Å². The van der Waals surface area contributed by atoms with E-state index in [-0.39, 0.29) is 5.02 Å². The lowest BCUT2D eigenvalue weighted by Gasteiger charge is -2.17. The third-order valence-corrected chi connectivity index (χ3v) is 4.20. The Morgan fingerprint density at radius 1 is 1.12 bits per heavy atom. The van der Waals surface area contributed by atoms with Crippen LogP contribution < -0.4 is 14.8 Å². The molecular weight excluding hydrogens is 349 g/mol. The highest BCUT2D eigenvalue weighted by Gasteiger charge is 2.17. The van der Waals surface area contributed by atoms with Crippen molar-refractivity contribution in [2.75, 3.05) is 18.5 Å². The number of hydrogen-bond acceptors (Lipinski definition) is 5. The van der Waals surface area contributed by atoms with Gasteiger partial charge in [-0.05, 0) is 18.2 Å². The molecule has 0 fully saturated rings. The summed E-state index contributed by atoms with van der Waals surface area (Å²) in [6.07, 6.45) is 0. The van der Waals surface area contributed by atoms with E-state index in [9.17, 15) is 4.39 Å². The Morgan fingerprint density at radius 2 is 1.92 bits per heavy atom. The Kier molecular flexibility index (Phi) is 3.01. The van der Waals surface area contributed by atoms with Crippen LogP contribution in [0.1, 0.15) is 0 Å². The molecule has 0 radical (unpaired) electrons. The van der Waals surface area contributed by atoms with Crippen molar-refractivity contribution in [2.45, 2.75) is 0 Å². The summed E-state index contributed by atoms with van der Waals surface area (Å²) in [5.74, 6) is 1.84. The van der Waals surface area contributed by atoms with Crippen LogP contribution in [0.5, 0.6) is 11.5 Å². The van der Waals surface area contributed by atoms with Gasteiger partial charge in [-0.3, -0.25) is 5.10 Å². The standard InChI is InChI=1S/C16H11ClFN5O2/c17-9-5-8(1-2-10(9)18)19-15-21-16-20-11-6-13-14(25-4-3-24-13)7-12(11)23(16)22-15/h1-2,5-7H,3-4H2,(H2,19,20,21,22). The maximum absolute atomic E-state index is 13.2. The summed E-state index contributed by atoms with van der Waals surface area (Å²) in [7, 11) is 0. The van der Waals surface area contributed by atoms with E-state index in [1.807, 2.05) is 12.1 Å². The predicted octanol–water partition coefficient (Wildman–Crippen LogP) is 3.52. The van der Waals surface area contributed by atoms with E-state index in [0.717, 1.165) is 11.0 Å². The SMILES string of the molecule is Fc1ccc(Nc2nc3nc4cc5c(cc4n3[nH]2)OCCO5)cc1Cl. The van der Waals surface area contributed by atoms with Crippen molar-refractivity contribution >= 4 is 40.0 Å². The van der Waals surface area contributed by atoms with Gasteiger partial charge in [0.05, 0.1) is 16.1 Å². The van der Waals surface area contributed by atoms with Crippen LogP contribution in [0.3, 0.4) is 0 Å². The average molecular weight is 360 g/mol. The number of rotatable bonds is 2. The lowest BCUT2D eigenvalue weighted by Crippen LogP contribution is -2.15. The fourth-order valence-corrected chi connectivity index (χ4v) is 2.96. The second-order valence-electron chi connectivity index (χ2n) is 5.56. The van der Waals surface area contributed by atoms with E-state index in [4.69, 9.17) is 21.1 Å². The van der Waals surface area contributed by atoms with Gasteiger partial charge in [-0.25, -0.2) is 13.9 Å². The Balaban J connectivity index is 1.56. The zero-order valence-corrected chi connectivity index (χ0v) is 13.5. The van der Waals surface area contributed by atoms with Gasteiger partial charge in [-0.2, -0.15) is 4.98 Å². The van der Waals surface area contributed by atoms with Crippen molar-refractivity contribution in [2.24, 2.45) is 0 Å². The van der Waals surface area contributed by atoms with Crippen LogP contribution in [-0.2, 0) is 0 Å². The maximum Gasteiger partial charge on any atom is 0.253 e. The summed E-state index contributed by atoms with van der Waals surface area (Å²) in [5, 5.41) is 6.18. The second kappa shape index (κ2) is 5.25. The number of benzene rings is 2. The molecule has 0 aliphatic carbocycles. The Hall–Kier alpha value is -3.00. The molecule has 0 atom stereocenters. The van der Waals surface area contributed by atoms with Crippen LogP contribution >= 0.6 is 11.6 Å². The highest BCUT2D eigenvalue weighted by atomic mass is 35.5. The normalized spacial score (nSPS) is 13.5. The van der Waals surface area contributed by atoms with Crippen LogP contribution in [0.15, 0.2) is 30.3 Å². The molecular formula is C16H11ClFN5O2.